The number of rotatable bonds is 12. The van der Waals surface area contributed by atoms with Gasteiger partial charge in [0.25, 0.3) is 0 Å². The van der Waals surface area contributed by atoms with Crippen LogP contribution in [-0.4, -0.2) is 46.8 Å². The highest BCUT2D eigenvalue weighted by Gasteiger charge is 2.24. The van der Waals surface area contributed by atoms with E-state index in [2.05, 4.69) is 76.9 Å². The van der Waals surface area contributed by atoms with Crippen LogP contribution in [0.5, 0.6) is 11.5 Å². The first-order chi connectivity index (χ1) is 17.2. The van der Waals surface area contributed by atoms with E-state index in [1.54, 1.807) is 0 Å². The average Bonchev–Trinajstić information content (AvgIpc) is 2.81. The number of halogens is 4. The highest BCUT2D eigenvalue weighted by molar-refractivity contribution is 9.11. The van der Waals surface area contributed by atoms with Gasteiger partial charge in [0.2, 0.25) is 9.84 Å². The molecule has 0 fully saturated rings. The number of esters is 2. The molecule has 0 atom stereocenters. The van der Waals surface area contributed by atoms with Gasteiger partial charge in [-0.3, -0.25) is 0 Å². The SMILES string of the molecule is C=C(C)C(=O)OCCOc1c(Br)cc(S(=O)(=O)c2cc(Br)c(OCCOC(=O)C(=C)C)c(Br)c2)cc1Br. The van der Waals surface area contributed by atoms with E-state index in [-0.39, 0.29) is 47.4 Å². The second-order valence-corrected chi connectivity index (χ2v) is 12.8. The summed E-state index contributed by atoms with van der Waals surface area (Å²) in [6, 6.07) is 5.66. The number of carbonyl (C=O) groups is 2. The molecule has 0 unspecified atom stereocenters. The molecular formula is C24H22Br4O8S. The maximum Gasteiger partial charge on any atom is 0.333 e. The minimum atomic E-state index is -3.94. The molecule has 0 bridgehead atoms. The first-order valence-corrected chi connectivity index (χ1v) is 15.0. The fourth-order valence-electron chi connectivity index (χ4n) is 2.60. The van der Waals surface area contributed by atoms with E-state index in [0.717, 1.165) is 0 Å². The number of hydrogen-bond acceptors (Lipinski definition) is 8. The zero-order chi connectivity index (χ0) is 27.9. The molecule has 0 saturated carbocycles. The molecule has 0 aromatic heterocycles. The van der Waals surface area contributed by atoms with E-state index in [4.69, 9.17) is 18.9 Å². The molecule has 0 saturated heterocycles. The number of ether oxygens (including phenoxy) is 4. The van der Waals surface area contributed by atoms with Crippen molar-refractivity contribution >= 4 is 85.5 Å². The van der Waals surface area contributed by atoms with Crippen molar-refractivity contribution in [2.75, 3.05) is 26.4 Å². The van der Waals surface area contributed by atoms with Gasteiger partial charge >= 0.3 is 11.9 Å². The van der Waals surface area contributed by atoms with Gasteiger partial charge in [-0.1, -0.05) is 13.2 Å². The quantitative estimate of drug-likeness (QED) is 0.135. The van der Waals surface area contributed by atoms with Crippen molar-refractivity contribution < 1.29 is 37.0 Å². The molecule has 2 rings (SSSR count). The van der Waals surface area contributed by atoms with Gasteiger partial charge in [0.15, 0.2) is 0 Å². The highest BCUT2D eigenvalue weighted by Crippen LogP contribution is 2.40. The molecule has 37 heavy (non-hydrogen) atoms. The van der Waals surface area contributed by atoms with Crippen molar-refractivity contribution in [1.29, 1.82) is 0 Å². The summed E-state index contributed by atoms with van der Waals surface area (Å²) in [4.78, 5) is 22.9. The Morgan fingerprint density at radius 2 is 0.973 bits per heavy atom. The van der Waals surface area contributed by atoms with E-state index in [1.165, 1.54) is 38.1 Å². The van der Waals surface area contributed by atoms with Gasteiger partial charge in [0.05, 0.1) is 27.7 Å². The van der Waals surface area contributed by atoms with Crippen LogP contribution >= 0.6 is 63.7 Å². The predicted octanol–water partition coefficient (Wildman–Crippen LogP) is 6.57. The Bertz CT molecular complexity index is 1200. The van der Waals surface area contributed by atoms with E-state index in [1.807, 2.05) is 0 Å². The molecule has 0 aliphatic carbocycles. The number of hydrogen-bond donors (Lipinski definition) is 0. The Hall–Kier alpha value is -1.67. The number of carbonyl (C=O) groups excluding carboxylic acids is 2. The standard InChI is InChI=1S/C24H22Br4O8S/c1-13(2)23(29)35-7-5-33-21-17(25)9-15(10-18(21)26)37(31,32)16-11-19(27)22(20(28)12-16)34-6-8-36-24(30)14(3)4/h9-12H,1,3,5-8H2,2,4H3. The minimum Gasteiger partial charge on any atom is -0.488 e. The molecule has 0 radical (unpaired) electrons. The lowest BCUT2D eigenvalue weighted by atomic mass is 10.3. The molecule has 0 amide bonds. The van der Waals surface area contributed by atoms with Crippen molar-refractivity contribution in [1.82, 2.24) is 0 Å². The smallest absolute Gasteiger partial charge is 0.333 e. The Labute approximate surface area is 248 Å². The average molecular weight is 790 g/mol. The Morgan fingerprint density at radius 3 is 1.24 bits per heavy atom. The molecular weight excluding hydrogens is 768 g/mol. The number of benzene rings is 2. The summed E-state index contributed by atoms with van der Waals surface area (Å²) in [6.07, 6.45) is 0. The van der Waals surface area contributed by atoms with Crippen molar-refractivity contribution in [3.63, 3.8) is 0 Å². The van der Waals surface area contributed by atoms with Crippen molar-refractivity contribution in [2.24, 2.45) is 0 Å². The molecule has 200 valence electrons. The van der Waals surface area contributed by atoms with Crippen LogP contribution in [0.2, 0.25) is 0 Å². The summed E-state index contributed by atoms with van der Waals surface area (Å²) in [5, 5.41) is 0. The van der Waals surface area contributed by atoms with Crippen LogP contribution in [0.4, 0.5) is 0 Å². The lowest BCUT2D eigenvalue weighted by Gasteiger charge is -2.15. The molecule has 8 nitrogen and oxygen atoms in total. The fraction of sp³-hybridized carbons (Fsp3) is 0.250. The third kappa shape index (κ3) is 8.67. The molecule has 0 aliphatic heterocycles. The van der Waals surface area contributed by atoms with Crippen molar-refractivity contribution in [3.8, 4) is 11.5 Å². The van der Waals surface area contributed by atoms with Gasteiger partial charge in [-0.2, -0.15) is 0 Å². The zero-order valence-corrected chi connectivity index (χ0v) is 26.9. The lowest BCUT2D eigenvalue weighted by molar-refractivity contribution is -0.140. The minimum absolute atomic E-state index is 0.00255. The molecule has 0 N–H and O–H groups in total. The molecule has 2 aromatic rings. The maximum atomic E-state index is 13.4. The first kappa shape index (κ1) is 31.5. The summed E-state index contributed by atoms with van der Waals surface area (Å²) >= 11 is 13.4. The van der Waals surface area contributed by atoms with E-state index in [9.17, 15) is 18.0 Å². The van der Waals surface area contributed by atoms with Crippen LogP contribution in [0.3, 0.4) is 0 Å². The second-order valence-electron chi connectivity index (χ2n) is 7.46. The molecule has 0 aliphatic rings. The van der Waals surface area contributed by atoms with E-state index >= 15 is 0 Å². The van der Waals surface area contributed by atoms with Gasteiger partial charge in [-0.15, -0.1) is 0 Å². The first-order valence-electron chi connectivity index (χ1n) is 10.4. The Kier molecular flexibility index (Phi) is 11.9. The third-order valence-electron chi connectivity index (χ3n) is 4.39. The Balaban J connectivity index is 2.17. The van der Waals surface area contributed by atoms with Gasteiger partial charge in [-0.05, 0) is 102 Å². The van der Waals surface area contributed by atoms with Crippen LogP contribution in [0.15, 0.2) is 76.3 Å². The fourth-order valence-corrected chi connectivity index (χ4v) is 7.40. The van der Waals surface area contributed by atoms with Gasteiger partial charge in [0.1, 0.15) is 37.9 Å². The van der Waals surface area contributed by atoms with E-state index < -0.39 is 21.8 Å². The predicted molar refractivity (Wildman–Crippen MR) is 152 cm³/mol. The second kappa shape index (κ2) is 13.9. The highest BCUT2D eigenvalue weighted by atomic mass is 79.9. The largest absolute Gasteiger partial charge is 0.488 e. The van der Waals surface area contributed by atoms with Gasteiger partial charge in [-0.25, -0.2) is 18.0 Å². The summed E-state index contributed by atoms with van der Waals surface area (Å²) < 4.78 is 49.5. The third-order valence-corrected chi connectivity index (χ3v) is 8.46. The molecule has 13 heteroatoms. The van der Waals surface area contributed by atoms with Crippen LogP contribution in [0, 0.1) is 0 Å². The summed E-state index contributed by atoms with van der Waals surface area (Å²) in [6.45, 7) is 10.2. The van der Waals surface area contributed by atoms with Crippen LogP contribution in [0.25, 0.3) is 0 Å². The normalized spacial score (nSPS) is 11.0. The summed E-state index contributed by atoms with van der Waals surface area (Å²) in [5.41, 5.74) is 0.553. The molecule has 2 aromatic carbocycles. The lowest BCUT2D eigenvalue weighted by Crippen LogP contribution is -2.13. The summed E-state index contributed by atoms with van der Waals surface area (Å²) in [7, 11) is -3.94. The molecule has 0 heterocycles. The van der Waals surface area contributed by atoms with Gasteiger partial charge < -0.3 is 18.9 Å². The monoisotopic (exact) mass is 786 g/mol. The van der Waals surface area contributed by atoms with Crippen LogP contribution in [0.1, 0.15) is 13.8 Å². The maximum absolute atomic E-state index is 13.4. The van der Waals surface area contributed by atoms with E-state index in [0.29, 0.717) is 29.4 Å². The van der Waals surface area contributed by atoms with Crippen LogP contribution in [-0.2, 0) is 28.9 Å². The summed E-state index contributed by atoms with van der Waals surface area (Å²) in [5.74, 6) is -0.348. The zero-order valence-electron chi connectivity index (χ0n) is 19.7. The van der Waals surface area contributed by atoms with Crippen LogP contribution < -0.4 is 9.47 Å². The van der Waals surface area contributed by atoms with Crippen molar-refractivity contribution in [3.05, 3.63) is 66.5 Å². The van der Waals surface area contributed by atoms with Gasteiger partial charge in [0, 0.05) is 11.1 Å². The molecule has 0 spiro atoms. The Morgan fingerprint density at radius 1 is 0.676 bits per heavy atom. The number of sulfone groups is 1. The topological polar surface area (TPSA) is 105 Å². The van der Waals surface area contributed by atoms with Crippen molar-refractivity contribution in [2.45, 2.75) is 23.6 Å².